The molecule has 2 aliphatic rings. The lowest BCUT2D eigenvalue weighted by molar-refractivity contribution is -0.140. The first-order valence-corrected chi connectivity index (χ1v) is 12.3. The van der Waals surface area contributed by atoms with Crippen LogP contribution in [-0.2, 0) is 9.53 Å². The highest BCUT2D eigenvalue weighted by molar-refractivity contribution is 5.80. The molecule has 10 heteroatoms. The van der Waals surface area contributed by atoms with Crippen molar-refractivity contribution in [2.75, 3.05) is 26.2 Å². The number of nitrogens with zero attached hydrogens (tertiary/aromatic N) is 1. The van der Waals surface area contributed by atoms with Crippen molar-refractivity contribution in [1.82, 2.24) is 10.2 Å². The number of nitrogens with one attached hydrogen (secondary N) is 1. The van der Waals surface area contributed by atoms with Crippen LogP contribution in [0.3, 0.4) is 0 Å². The van der Waals surface area contributed by atoms with Crippen molar-refractivity contribution in [2.24, 2.45) is 11.8 Å². The molecule has 1 aliphatic heterocycles. The van der Waals surface area contributed by atoms with E-state index in [1.54, 1.807) is 23.1 Å². The van der Waals surface area contributed by atoms with Gasteiger partial charge in [-0.15, -0.1) is 0 Å². The van der Waals surface area contributed by atoms with Crippen LogP contribution in [-0.4, -0.2) is 59.7 Å². The maximum atomic E-state index is 14.8. The number of rotatable bonds is 6. The van der Waals surface area contributed by atoms with Gasteiger partial charge in [-0.1, -0.05) is 6.08 Å². The van der Waals surface area contributed by atoms with Crippen LogP contribution in [0.15, 0.2) is 24.3 Å². The van der Waals surface area contributed by atoms with E-state index in [-0.39, 0.29) is 12.5 Å². The zero-order valence-electron chi connectivity index (χ0n) is 21.0. The molecule has 6 nitrogen and oxygen atoms in total. The van der Waals surface area contributed by atoms with Crippen molar-refractivity contribution < 1.29 is 36.6 Å². The first-order chi connectivity index (χ1) is 16.8. The number of hydrogen-bond donors (Lipinski definition) is 1. The predicted molar refractivity (Wildman–Crippen MR) is 128 cm³/mol. The van der Waals surface area contributed by atoms with Crippen LogP contribution < -0.4 is 5.32 Å². The lowest BCUT2D eigenvalue weighted by atomic mass is 9.86. The molecule has 1 aliphatic carbocycles. The zero-order chi connectivity index (χ0) is 26.5. The number of benzene rings is 1. The Morgan fingerprint density at radius 1 is 1.14 bits per heavy atom. The monoisotopic (exact) mass is 515 g/mol. The van der Waals surface area contributed by atoms with E-state index in [1.807, 2.05) is 26.1 Å². The van der Waals surface area contributed by atoms with E-state index < -0.39 is 36.0 Å². The molecule has 1 atom stereocenters. The normalized spacial score (nSPS) is 19.5. The van der Waals surface area contributed by atoms with E-state index in [0.717, 1.165) is 18.4 Å². The fourth-order valence-corrected chi connectivity index (χ4v) is 4.37. The van der Waals surface area contributed by atoms with Gasteiger partial charge in [-0.25, -0.2) is 9.18 Å². The lowest BCUT2D eigenvalue weighted by Crippen LogP contribution is -2.42. The summed E-state index contributed by atoms with van der Waals surface area (Å²) in [6.45, 7) is 5.91. The molecular weight excluding hydrogens is 480 g/mol. The summed E-state index contributed by atoms with van der Waals surface area (Å²) in [6, 6.07) is 4.79. The van der Waals surface area contributed by atoms with Gasteiger partial charge in [-0.3, -0.25) is 4.79 Å². The number of carbonyl (C=O) groups is 2. The third-order valence-electron chi connectivity index (χ3n) is 6.34. The molecule has 200 valence electrons. The van der Waals surface area contributed by atoms with Gasteiger partial charge in [-0.2, -0.15) is 13.2 Å². The Bertz CT molecular complexity index is 964. The molecular formula is C26H35F4N2O4+. The second kappa shape index (κ2) is 11.5. The molecule has 0 radical (unpaired) electrons. The highest BCUT2D eigenvalue weighted by atomic mass is 19.4. The Labute approximate surface area is 209 Å². The maximum Gasteiger partial charge on any atom is 0.410 e. The topological polar surface area (TPSA) is 71.4 Å². The number of allylic oxidation sites excluding steroid dienone is 2. The molecule has 1 fully saturated rings. The molecule has 3 rings (SSSR count). The largest absolute Gasteiger partial charge is 0.582 e. The van der Waals surface area contributed by atoms with E-state index in [1.165, 1.54) is 6.07 Å². The Kier molecular flexibility index (Phi) is 8.89. The number of carbonyl (C=O) groups excluding carboxylic acids is 2. The molecule has 0 aromatic heterocycles. The number of amides is 2. The minimum Gasteiger partial charge on any atom is -0.582 e. The molecule has 1 saturated heterocycles. The fraction of sp³-hybridized carbons (Fsp3) is 0.615. The molecule has 1 aromatic rings. The second-order valence-corrected chi connectivity index (χ2v) is 10.4. The minimum absolute atomic E-state index is 0.270. The summed E-state index contributed by atoms with van der Waals surface area (Å²) in [4.78, 5) is 25.9. The standard InChI is InChI=1S/C26H34F4N2O4/c1-25(2,3)36-24(34)32-12-10-17(11-13-32)15-35-20-8-9-21(22(27)14-20)18-4-6-19(7-5-18)23(33)31-16-26(28,29)30/h4,8-9,14,17,19H,5-7,10-13,15-16H2,1-3H3,(H,31,33)/p+1. The molecule has 2 amide bonds. The highest BCUT2D eigenvalue weighted by Gasteiger charge is 2.31. The van der Waals surface area contributed by atoms with Crippen molar-refractivity contribution in [3.63, 3.8) is 0 Å². The van der Waals surface area contributed by atoms with Crippen molar-refractivity contribution >= 4 is 17.6 Å². The number of alkyl halides is 3. The third-order valence-corrected chi connectivity index (χ3v) is 6.34. The smallest absolute Gasteiger partial charge is 0.410 e. The Morgan fingerprint density at radius 3 is 2.39 bits per heavy atom. The maximum absolute atomic E-state index is 14.8. The number of aliphatic hydroxyl groups is 1. The summed E-state index contributed by atoms with van der Waals surface area (Å²) in [5.74, 6) is -0.758. The number of piperidine rings is 1. The van der Waals surface area contributed by atoms with Crippen molar-refractivity contribution in [3.8, 4) is 5.75 Å². The zero-order valence-corrected chi connectivity index (χ0v) is 21.0. The summed E-state index contributed by atoms with van der Waals surface area (Å²) in [7, 11) is 0. The third kappa shape index (κ3) is 8.41. The number of likely N-dealkylation sites (tertiary alicyclic amines) is 1. The van der Waals surface area contributed by atoms with E-state index >= 15 is 0 Å². The summed E-state index contributed by atoms with van der Waals surface area (Å²) in [6.07, 6.45) is -0.375. The van der Waals surface area contributed by atoms with Gasteiger partial charge >= 0.3 is 12.3 Å². The van der Waals surface area contributed by atoms with Gasteiger partial charge in [0.15, 0.2) is 6.61 Å². The van der Waals surface area contributed by atoms with Gasteiger partial charge in [0.05, 0.1) is 6.07 Å². The van der Waals surface area contributed by atoms with E-state index in [0.29, 0.717) is 49.8 Å². The molecule has 0 saturated carbocycles. The van der Waals surface area contributed by atoms with Crippen LogP contribution in [0.5, 0.6) is 5.75 Å². The first kappa shape index (κ1) is 27.8. The molecule has 0 bridgehead atoms. The quantitative estimate of drug-likeness (QED) is 0.397. The number of ether oxygens (including phenoxy) is 2. The Morgan fingerprint density at radius 2 is 1.83 bits per heavy atom. The van der Waals surface area contributed by atoms with Gasteiger partial charge in [0.2, 0.25) is 5.91 Å². The van der Waals surface area contributed by atoms with E-state index in [2.05, 4.69) is 4.74 Å². The van der Waals surface area contributed by atoms with Crippen LogP contribution in [0.2, 0.25) is 0 Å². The molecule has 1 aromatic carbocycles. The summed E-state index contributed by atoms with van der Waals surface area (Å²) >= 11 is 0. The van der Waals surface area contributed by atoms with E-state index in [9.17, 15) is 27.2 Å². The van der Waals surface area contributed by atoms with Crippen molar-refractivity contribution in [2.45, 2.75) is 64.7 Å². The summed E-state index contributed by atoms with van der Waals surface area (Å²) < 4.78 is 61.7. The molecule has 1 unspecified atom stereocenters. The Balaban J connectivity index is 1.46. The second-order valence-electron chi connectivity index (χ2n) is 10.4. The van der Waals surface area contributed by atoms with Crippen molar-refractivity contribution in [1.29, 1.82) is 0 Å². The highest BCUT2D eigenvalue weighted by Crippen LogP contribution is 2.33. The molecule has 1 heterocycles. The average molecular weight is 516 g/mol. The molecule has 36 heavy (non-hydrogen) atoms. The SMILES string of the molecule is CC(C)(C)OC(=O)N1CCC(C[OH+]c2ccc(C3=CCC(C(=O)NCC(F)(F)F)CC3)c(F)c2)CC1. The van der Waals surface area contributed by atoms with Gasteiger partial charge < -0.3 is 19.7 Å². The Hall–Kier alpha value is -2.78. The predicted octanol–water partition coefficient (Wildman–Crippen LogP) is 5.58. The molecule has 0 spiro atoms. The van der Waals surface area contributed by atoms with Gasteiger partial charge in [0.1, 0.15) is 18.0 Å². The van der Waals surface area contributed by atoms with Gasteiger partial charge in [0, 0.05) is 36.6 Å². The van der Waals surface area contributed by atoms with Crippen LogP contribution in [0, 0.1) is 17.7 Å². The average Bonchev–Trinajstić information content (AvgIpc) is 2.80. The minimum atomic E-state index is -4.45. The first-order valence-electron chi connectivity index (χ1n) is 12.3. The van der Waals surface area contributed by atoms with Crippen LogP contribution in [0.25, 0.3) is 5.57 Å². The van der Waals surface area contributed by atoms with Crippen molar-refractivity contribution in [3.05, 3.63) is 35.7 Å². The number of aromatic hydroxyl groups is 1. The van der Waals surface area contributed by atoms with Crippen LogP contribution in [0.1, 0.15) is 58.4 Å². The van der Waals surface area contributed by atoms with Crippen LogP contribution in [0.4, 0.5) is 22.4 Å². The number of halogens is 4. The van der Waals surface area contributed by atoms with Crippen LogP contribution >= 0.6 is 0 Å². The lowest BCUT2D eigenvalue weighted by Gasteiger charge is -2.32. The summed E-state index contributed by atoms with van der Waals surface area (Å²) in [5.41, 5.74) is 0.641. The van der Waals surface area contributed by atoms with Gasteiger partial charge in [0.25, 0.3) is 5.75 Å². The molecule has 2 N–H and O–H groups in total. The van der Waals surface area contributed by atoms with E-state index in [4.69, 9.17) is 4.74 Å². The summed E-state index contributed by atoms with van der Waals surface area (Å²) in [5, 5.41) is 1.92. The number of hydrogen-bond acceptors (Lipinski definition) is 3. The fourth-order valence-electron chi connectivity index (χ4n) is 4.37. The van der Waals surface area contributed by atoms with Gasteiger partial charge in [-0.05, 0) is 64.5 Å².